The molecule has 30 heavy (non-hydrogen) atoms. The van der Waals surface area contributed by atoms with Crippen LogP contribution in [0.3, 0.4) is 0 Å². The molecule has 4 rings (SSSR count). The monoisotopic (exact) mass is 423 g/mol. The highest BCUT2D eigenvalue weighted by atomic mass is 32.1. The molecule has 0 saturated carbocycles. The SMILES string of the molecule is CN(C)C1(c2cccs2)CCN(CCCC(=O)CCc2c[nH]c3ccccc23)CC1. The summed E-state index contributed by atoms with van der Waals surface area (Å²) >= 11 is 1.88. The molecule has 5 heteroatoms. The summed E-state index contributed by atoms with van der Waals surface area (Å²) in [4.78, 5) is 22.2. The van der Waals surface area contributed by atoms with E-state index in [0.717, 1.165) is 50.8 Å². The summed E-state index contributed by atoms with van der Waals surface area (Å²) in [7, 11) is 4.42. The van der Waals surface area contributed by atoms with Gasteiger partial charge in [0.25, 0.3) is 0 Å². The van der Waals surface area contributed by atoms with Crippen molar-refractivity contribution in [3.05, 3.63) is 58.4 Å². The van der Waals surface area contributed by atoms with Crippen LogP contribution in [0.15, 0.2) is 48.0 Å². The highest BCUT2D eigenvalue weighted by molar-refractivity contribution is 7.10. The lowest BCUT2D eigenvalue weighted by Gasteiger charge is -2.45. The van der Waals surface area contributed by atoms with Crippen LogP contribution >= 0.6 is 11.3 Å². The van der Waals surface area contributed by atoms with Crippen molar-refractivity contribution in [2.75, 3.05) is 33.7 Å². The minimum atomic E-state index is 0.180. The second-order valence-electron chi connectivity index (χ2n) is 8.75. The fourth-order valence-corrected chi connectivity index (χ4v) is 5.91. The third-order valence-electron chi connectivity index (χ3n) is 6.80. The number of aromatic amines is 1. The molecule has 0 unspecified atom stereocenters. The predicted molar refractivity (Wildman–Crippen MR) is 126 cm³/mol. The summed E-state index contributed by atoms with van der Waals surface area (Å²) < 4.78 is 0. The van der Waals surface area contributed by atoms with E-state index in [-0.39, 0.29) is 5.54 Å². The molecule has 0 aliphatic carbocycles. The molecule has 0 radical (unpaired) electrons. The molecule has 4 nitrogen and oxygen atoms in total. The van der Waals surface area contributed by atoms with Crippen LogP contribution in [0.4, 0.5) is 0 Å². The molecule has 0 atom stereocenters. The van der Waals surface area contributed by atoms with E-state index in [9.17, 15) is 4.79 Å². The lowest BCUT2D eigenvalue weighted by Crippen LogP contribution is -2.50. The highest BCUT2D eigenvalue weighted by Gasteiger charge is 2.38. The van der Waals surface area contributed by atoms with E-state index in [4.69, 9.17) is 0 Å². The molecule has 3 aromatic rings. The van der Waals surface area contributed by atoms with Crippen LogP contribution in [-0.4, -0.2) is 54.3 Å². The molecule has 1 saturated heterocycles. The van der Waals surface area contributed by atoms with Crippen LogP contribution in [0.5, 0.6) is 0 Å². The van der Waals surface area contributed by atoms with Gasteiger partial charge in [-0.3, -0.25) is 9.69 Å². The van der Waals surface area contributed by atoms with E-state index in [1.807, 2.05) is 17.4 Å². The molecule has 0 spiro atoms. The summed E-state index contributed by atoms with van der Waals surface area (Å²) in [5, 5.41) is 3.43. The van der Waals surface area contributed by atoms with Gasteiger partial charge in [0.05, 0.1) is 5.54 Å². The number of fused-ring (bicyclic) bond motifs is 1. The lowest BCUT2D eigenvalue weighted by atomic mass is 9.84. The van der Waals surface area contributed by atoms with Gasteiger partial charge in [0.1, 0.15) is 5.78 Å². The Morgan fingerprint density at radius 3 is 2.67 bits per heavy atom. The number of para-hydroxylation sites is 1. The second-order valence-corrected chi connectivity index (χ2v) is 9.69. The van der Waals surface area contributed by atoms with Crippen LogP contribution in [0.1, 0.15) is 42.5 Å². The molecule has 1 N–H and O–H groups in total. The van der Waals surface area contributed by atoms with Gasteiger partial charge in [0.15, 0.2) is 0 Å². The number of carbonyl (C=O) groups is 1. The summed E-state index contributed by atoms with van der Waals surface area (Å²) in [6, 6.07) is 12.8. The van der Waals surface area contributed by atoms with Crippen LogP contribution in [0.2, 0.25) is 0 Å². The number of carbonyl (C=O) groups excluding carboxylic acids is 1. The Hall–Kier alpha value is -1.95. The first kappa shape index (κ1) is 21.3. The van der Waals surface area contributed by atoms with E-state index < -0.39 is 0 Å². The van der Waals surface area contributed by atoms with E-state index in [0.29, 0.717) is 18.6 Å². The molecule has 0 bridgehead atoms. The van der Waals surface area contributed by atoms with Crippen molar-refractivity contribution in [3.63, 3.8) is 0 Å². The minimum Gasteiger partial charge on any atom is -0.361 e. The molecule has 3 heterocycles. The van der Waals surface area contributed by atoms with Crippen molar-refractivity contribution in [2.45, 2.75) is 44.1 Å². The standard InChI is InChI=1S/C25H33N3OS/c1-27(2)25(24-10-6-18-30-24)13-16-28(17-14-25)15-5-7-21(29)12-11-20-19-26-23-9-4-3-8-22(20)23/h3-4,6,8-10,18-19,26H,5,7,11-17H2,1-2H3. The Bertz CT molecular complexity index is 952. The molecule has 0 amide bonds. The summed E-state index contributed by atoms with van der Waals surface area (Å²) in [6.45, 7) is 3.26. The predicted octanol–water partition coefficient (Wildman–Crippen LogP) is 5.06. The van der Waals surface area contributed by atoms with Gasteiger partial charge in [-0.25, -0.2) is 0 Å². The number of nitrogens with one attached hydrogen (secondary N) is 1. The Labute approximate surface area is 183 Å². The maximum Gasteiger partial charge on any atom is 0.133 e. The van der Waals surface area contributed by atoms with Crippen molar-refractivity contribution in [3.8, 4) is 0 Å². The molecular weight excluding hydrogens is 390 g/mol. The summed E-state index contributed by atoms with van der Waals surface area (Å²) in [6.07, 6.45) is 7.52. The Morgan fingerprint density at radius 1 is 1.13 bits per heavy atom. The first-order valence-corrected chi connectivity index (χ1v) is 12.0. The number of benzene rings is 1. The molecular formula is C25H33N3OS. The topological polar surface area (TPSA) is 39.3 Å². The molecule has 1 aliphatic rings. The highest BCUT2D eigenvalue weighted by Crippen LogP contribution is 2.39. The van der Waals surface area contributed by atoms with E-state index >= 15 is 0 Å². The van der Waals surface area contributed by atoms with E-state index in [1.54, 1.807) is 0 Å². The zero-order chi connectivity index (χ0) is 21.0. The first-order chi connectivity index (χ1) is 14.6. The number of aromatic nitrogens is 1. The average molecular weight is 424 g/mol. The number of H-pyrrole nitrogens is 1. The van der Waals surface area contributed by atoms with Gasteiger partial charge >= 0.3 is 0 Å². The fourth-order valence-electron chi connectivity index (χ4n) is 4.84. The number of piperidine rings is 1. The Morgan fingerprint density at radius 2 is 1.93 bits per heavy atom. The zero-order valence-electron chi connectivity index (χ0n) is 18.2. The lowest BCUT2D eigenvalue weighted by molar-refractivity contribution is -0.119. The molecule has 2 aromatic heterocycles. The number of Topliss-reactive ketones (excluding diaryl/α,β-unsaturated/α-hetero) is 1. The Kier molecular flexibility index (Phi) is 6.71. The third kappa shape index (κ3) is 4.53. The number of hydrogen-bond donors (Lipinski definition) is 1. The van der Waals surface area contributed by atoms with Crippen molar-refractivity contribution in [1.29, 1.82) is 0 Å². The van der Waals surface area contributed by atoms with Crippen LogP contribution in [0.25, 0.3) is 10.9 Å². The quantitative estimate of drug-likeness (QED) is 0.523. The summed E-state index contributed by atoms with van der Waals surface area (Å²) in [5.74, 6) is 0.388. The van der Waals surface area contributed by atoms with Gasteiger partial charge < -0.3 is 9.88 Å². The van der Waals surface area contributed by atoms with Crippen molar-refractivity contribution >= 4 is 28.0 Å². The van der Waals surface area contributed by atoms with Crippen molar-refractivity contribution in [1.82, 2.24) is 14.8 Å². The molecule has 1 aromatic carbocycles. The number of rotatable bonds is 9. The normalized spacial score (nSPS) is 17.0. The van der Waals surface area contributed by atoms with Gasteiger partial charge in [-0.05, 0) is 69.4 Å². The number of aryl methyl sites for hydroxylation is 1. The van der Waals surface area contributed by atoms with Crippen molar-refractivity contribution in [2.24, 2.45) is 0 Å². The maximum atomic E-state index is 12.4. The third-order valence-corrected chi connectivity index (χ3v) is 7.86. The Balaban J connectivity index is 1.20. The van der Waals surface area contributed by atoms with Gasteiger partial charge in [0.2, 0.25) is 0 Å². The van der Waals surface area contributed by atoms with Gasteiger partial charge in [-0.15, -0.1) is 11.3 Å². The van der Waals surface area contributed by atoms with Crippen molar-refractivity contribution < 1.29 is 4.79 Å². The van der Waals surface area contributed by atoms with Crippen LogP contribution < -0.4 is 0 Å². The first-order valence-electron chi connectivity index (χ1n) is 11.1. The number of nitrogens with zero attached hydrogens (tertiary/aromatic N) is 2. The van der Waals surface area contributed by atoms with Gasteiger partial charge in [-0.2, -0.15) is 0 Å². The molecule has 1 aliphatic heterocycles. The minimum absolute atomic E-state index is 0.180. The van der Waals surface area contributed by atoms with E-state index in [1.165, 1.54) is 15.8 Å². The number of thiophene rings is 1. The largest absolute Gasteiger partial charge is 0.361 e. The number of ketones is 1. The molecule has 160 valence electrons. The number of hydrogen-bond acceptors (Lipinski definition) is 4. The smallest absolute Gasteiger partial charge is 0.133 e. The maximum absolute atomic E-state index is 12.4. The van der Waals surface area contributed by atoms with E-state index in [2.05, 4.69) is 70.8 Å². The fraction of sp³-hybridized carbons (Fsp3) is 0.480. The summed E-state index contributed by atoms with van der Waals surface area (Å²) in [5.41, 5.74) is 2.59. The average Bonchev–Trinajstić information content (AvgIpc) is 3.43. The van der Waals surface area contributed by atoms with Crippen LogP contribution in [-0.2, 0) is 16.8 Å². The molecule has 1 fully saturated rings. The van der Waals surface area contributed by atoms with Gasteiger partial charge in [-0.1, -0.05) is 24.3 Å². The second kappa shape index (κ2) is 9.46. The number of likely N-dealkylation sites (tertiary alicyclic amines) is 1. The van der Waals surface area contributed by atoms with Crippen LogP contribution in [0, 0.1) is 0 Å². The zero-order valence-corrected chi connectivity index (χ0v) is 19.0. The van der Waals surface area contributed by atoms with Gasteiger partial charge in [0, 0.05) is 47.9 Å².